The van der Waals surface area contributed by atoms with Gasteiger partial charge in [0.15, 0.2) is 9.84 Å². The van der Waals surface area contributed by atoms with E-state index in [0.717, 1.165) is 5.41 Å². The van der Waals surface area contributed by atoms with Crippen LogP contribution < -0.4 is 0 Å². The Kier molecular flexibility index (Phi) is 1.36. The second kappa shape index (κ2) is 1.91. The second-order valence-electron chi connectivity index (χ2n) is 1.83. The monoisotopic (exact) mass is 147 g/mol. The lowest BCUT2D eigenvalue weighted by Crippen LogP contribution is -2.06. The normalized spacial score (nSPS) is 30.4. The second-order valence-corrected chi connectivity index (χ2v) is 3.76. The maximum Gasteiger partial charge on any atom is 0.173 e. The van der Waals surface area contributed by atoms with E-state index in [1.54, 1.807) is 0 Å². The van der Waals surface area contributed by atoms with Gasteiger partial charge in [-0.3, -0.25) is 0 Å². The molecule has 0 spiro atoms. The highest BCUT2D eigenvalue weighted by molar-refractivity contribution is 7.94. The Morgan fingerprint density at radius 3 is 2.44 bits per heavy atom. The van der Waals surface area contributed by atoms with Crippen LogP contribution in [0.15, 0.2) is 16.7 Å². The third-order valence-electron chi connectivity index (χ3n) is 1.05. The Morgan fingerprint density at radius 1 is 1.56 bits per heavy atom. The summed E-state index contributed by atoms with van der Waals surface area (Å²) in [6.07, 6.45) is 1.29. The topological polar surface area (TPSA) is 63.6 Å². The lowest BCUT2D eigenvalue weighted by molar-refractivity contribution is 0.604. The minimum atomic E-state index is -3.08. The zero-order valence-corrected chi connectivity index (χ0v) is 5.34. The molecule has 0 aliphatic carbocycles. The molecule has 1 aliphatic rings. The number of sulfone groups is 1. The van der Waals surface area contributed by atoms with Crippen molar-refractivity contribution >= 4 is 9.84 Å². The fourth-order valence-corrected chi connectivity index (χ4v) is 1.80. The van der Waals surface area contributed by atoms with E-state index < -0.39 is 15.9 Å². The highest BCUT2D eigenvalue weighted by atomic mass is 32.2. The van der Waals surface area contributed by atoms with Crippen molar-refractivity contribution in [1.82, 2.24) is 0 Å². The molecule has 0 aromatic rings. The summed E-state index contributed by atoms with van der Waals surface area (Å²) in [6.45, 7) is 0. The number of hydrogen-bond acceptors (Lipinski definition) is 4. The molecule has 0 saturated carbocycles. The van der Waals surface area contributed by atoms with Crippen LogP contribution in [0.1, 0.15) is 0 Å². The van der Waals surface area contributed by atoms with Crippen molar-refractivity contribution in [1.29, 1.82) is 0 Å². The molecular formula is C4H5NO3S. The van der Waals surface area contributed by atoms with Crippen LogP contribution in [0.5, 0.6) is 0 Å². The van der Waals surface area contributed by atoms with Gasteiger partial charge in [-0.2, -0.15) is 4.91 Å². The van der Waals surface area contributed by atoms with Crippen LogP contribution in [0, 0.1) is 4.91 Å². The standard InChI is InChI=1S/C4H5NO3S/c6-5-4-1-2-9(7,8)3-4/h1-2,4H,3H2. The van der Waals surface area contributed by atoms with Gasteiger partial charge in [0.2, 0.25) is 0 Å². The maximum atomic E-state index is 10.5. The van der Waals surface area contributed by atoms with E-state index in [1.165, 1.54) is 6.08 Å². The molecule has 4 nitrogen and oxygen atoms in total. The first-order chi connectivity index (χ1) is 4.14. The van der Waals surface area contributed by atoms with Crippen molar-refractivity contribution in [2.45, 2.75) is 6.04 Å². The highest BCUT2D eigenvalue weighted by Gasteiger charge is 2.21. The smallest absolute Gasteiger partial charge is 0.173 e. The molecule has 50 valence electrons. The first-order valence-electron chi connectivity index (χ1n) is 2.37. The van der Waals surface area contributed by atoms with Gasteiger partial charge in [-0.15, -0.1) is 0 Å². The Hall–Kier alpha value is -0.710. The predicted molar refractivity (Wildman–Crippen MR) is 32.5 cm³/mol. The van der Waals surface area contributed by atoms with Crippen LogP contribution in [0.25, 0.3) is 0 Å². The summed E-state index contributed by atoms with van der Waals surface area (Å²) in [7, 11) is -3.08. The first kappa shape index (κ1) is 6.41. The summed E-state index contributed by atoms with van der Waals surface area (Å²) in [5.74, 6) is -0.156. The van der Waals surface area contributed by atoms with Gasteiger partial charge in [0, 0.05) is 5.41 Å². The minimum Gasteiger partial charge on any atom is -0.224 e. The van der Waals surface area contributed by atoms with Gasteiger partial charge in [-0.1, -0.05) is 5.18 Å². The molecule has 0 fully saturated rings. The van der Waals surface area contributed by atoms with Gasteiger partial charge < -0.3 is 0 Å². The Morgan fingerprint density at radius 2 is 2.22 bits per heavy atom. The summed E-state index contributed by atoms with van der Waals surface area (Å²) in [6, 6.07) is -0.657. The van der Waals surface area contributed by atoms with Crippen LogP contribution in [0.2, 0.25) is 0 Å². The molecule has 0 amide bonds. The maximum absolute atomic E-state index is 10.5. The zero-order chi connectivity index (χ0) is 6.91. The average Bonchev–Trinajstić information content (AvgIpc) is 2.10. The molecule has 1 rings (SSSR count). The Labute approximate surface area is 52.5 Å². The van der Waals surface area contributed by atoms with Gasteiger partial charge in [-0.05, 0) is 6.08 Å². The summed E-state index contributed by atoms with van der Waals surface area (Å²) >= 11 is 0. The Balaban J connectivity index is 2.83. The lowest BCUT2D eigenvalue weighted by Gasteiger charge is -1.88. The first-order valence-corrected chi connectivity index (χ1v) is 4.09. The van der Waals surface area contributed by atoms with Crippen LogP contribution in [-0.4, -0.2) is 20.2 Å². The van der Waals surface area contributed by atoms with E-state index in [4.69, 9.17) is 0 Å². The molecule has 1 atom stereocenters. The number of nitrogens with zero attached hydrogens (tertiary/aromatic N) is 1. The fraction of sp³-hybridized carbons (Fsp3) is 0.500. The minimum absolute atomic E-state index is 0.156. The molecule has 0 radical (unpaired) electrons. The number of hydrogen-bond donors (Lipinski definition) is 0. The third-order valence-corrected chi connectivity index (χ3v) is 2.42. The number of rotatable bonds is 1. The van der Waals surface area contributed by atoms with Crippen LogP contribution in [0.4, 0.5) is 0 Å². The SMILES string of the molecule is O=NC1C=CS(=O)(=O)C1. The van der Waals surface area contributed by atoms with E-state index in [-0.39, 0.29) is 5.75 Å². The van der Waals surface area contributed by atoms with Crippen molar-refractivity contribution in [3.05, 3.63) is 16.4 Å². The van der Waals surface area contributed by atoms with Gasteiger partial charge in [0.05, 0.1) is 5.75 Å². The molecular weight excluding hydrogens is 142 g/mol. The molecule has 1 heterocycles. The van der Waals surface area contributed by atoms with Gasteiger partial charge in [0.25, 0.3) is 0 Å². The van der Waals surface area contributed by atoms with Crippen LogP contribution in [0.3, 0.4) is 0 Å². The summed E-state index contributed by atoms with van der Waals surface area (Å²) < 4.78 is 21.0. The molecule has 1 unspecified atom stereocenters. The van der Waals surface area contributed by atoms with Crippen molar-refractivity contribution < 1.29 is 8.42 Å². The predicted octanol–water partition coefficient (Wildman–Crippen LogP) is 0.0635. The summed E-state index contributed by atoms with van der Waals surface area (Å²) in [5.41, 5.74) is 0. The molecule has 0 aromatic carbocycles. The van der Waals surface area contributed by atoms with Crippen molar-refractivity contribution in [2.24, 2.45) is 5.18 Å². The summed E-state index contributed by atoms with van der Waals surface area (Å²) in [4.78, 5) is 9.73. The Bertz CT molecular complexity index is 241. The summed E-state index contributed by atoms with van der Waals surface area (Å²) in [5, 5.41) is 3.59. The van der Waals surface area contributed by atoms with Crippen LogP contribution >= 0.6 is 0 Å². The van der Waals surface area contributed by atoms with Crippen molar-refractivity contribution in [3.63, 3.8) is 0 Å². The van der Waals surface area contributed by atoms with E-state index in [0.29, 0.717) is 0 Å². The molecule has 0 saturated heterocycles. The number of nitroso groups, excluding NO2 is 1. The average molecular weight is 147 g/mol. The molecule has 0 N–H and O–H groups in total. The van der Waals surface area contributed by atoms with Crippen LogP contribution in [-0.2, 0) is 9.84 Å². The van der Waals surface area contributed by atoms with E-state index in [9.17, 15) is 13.3 Å². The zero-order valence-electron chi connectivity index (χ0n) is 4.52. The van der Waals surface area contributed by atoms with Crippen molar-refractivity contribution in [2.75, 3.05) is 5.75 Å². The van der Waals surface area contributed by atoms with E-state index in [1.807, 2.05) is 0 Å². The van der Waals surface area contributed by atoms with Gasteiger partial charge in [0.1, 0.15) is 6.04 Å². The molecule has 0 bridgehead atoms. The van der Waals surface area contributed by atoms with Gasteiger partial charge >= 0.3 is 0 Å². The largest absolute Gasteiger partial charge is 0.224 e. The molecule has 1 aliphatic heterocycles. The lowest BCUT2D eigenvalue weighted by atomic mass is 10.4. The van der Waals surface area contributed by atoms with Gasteiger partial charge in [-0.25, -0.2) is 8.42 Å². The molecule has 0 aromatic heterocycles. The van der Waals surface area contributed by atoms with E-state index >= 15 is 0 Å². The molecule has 9 heavy (non-hydrogen) atoms. The third kappa shape index (κ3) is 1.35. The fourth-order valence-electron chi connectivity index (χ4n) is 0.625. The van der Waals surface area contributed by atoms with Crippen molar-refractivity contribution in [3.8, 4) is 0 Å². The molecule has 5 heteroatoms. The quantitative estimate of drug-likeness (QED) is 0.493. The van der Waals surface area contributed by atoms with E-state index in [2.05, 4.69) is 5.18 Å². The highest BCUT2D eigenvalue weighted by Crippen LogP contribution is 2.09.